The van der Waals surface area contributed by atoms with Gasteiger partial charge >= 0.3 is 0 Å². The maximum Gasteiger partial charge on any atom is 0.138 e. The van der Waals surface area contributed by atoms with Gasteiger partial charge in [-0.3, -0.25) is 4.68 Å². The third kappa shape index (κ3) is 3.26. The van der Waals surface area contributed by atoms with Crippen molar-refractivity contribution in [3.05, 3.63) is 46.0 Å². The molecule has 0 aliphatic carbocycles. The van der Waals surface area contributed by atoms with Crippen molar-refractivity contribution >= 4 is 23.2 Å². The van der Waals surface area contributed by atoms with Gasteiger partial charge in [-0.25, -0.2) is 4.98 Å². The van der Waals surface area contributed by atoms with Gasteiger partial charge in [0.15, 0.2) is 0 Å². The number of nitrogens with zero attached hydrogens (tertiary/aromatic N) is 3. The highest BCUT2D eigenvalue weighted by molar-refractivity contribution is 6.36. The highest BCUT2D eigenvalue weighted by Crippen LogP contribution is 2.31. The van der Waals surface area contributed by atoms with E-state index in [1.807, 2.05) is 25.2 Å². The summed E-state index contributed by atoms with van der Waals surface area (Å²) >= 11 is 12.5. The molecule has 1 aromatic carbocycles. The fourth-order valence-electron chi connectivity index (χ4n) is 2.05. The van der Waals surface area contributed by atoms with E-state index >= 15 is 0 Å². The molecule has 6 heteroatoms. The van der Waals surface area contributed by atoms with E-state index in [9.17, 15) is 0 Å². The minimum atomic E-state index is 0.0223. The van der Waals surface area contributed by atoms with E-state index in [1.54, 1.807) is 11.0 Å². The highest BCUT2D eigenvalue weighted by Gasteiger charge is 2.19. The molecule has 0 saturated carbocycles. The number of aryl methyl sites for hydroxylation is 1. The van der Waals surface area contributed by atoms with Crippen LogP contribution in [0.3, 0.4) is 0 Å². The molecule has 0 bridgehead atoms. The number of hydrogen-bond donors (Lipinski definition) is 1. The summed E-state index contributed by atoms with van der Waals surface area (Å²) in [6.07, 6.45) is 2.24. The van der Waals surface area contributed by atoms with Gasteiger partial charge in [-0.05, 0) is 18.7 Å². The van der Waals surface area contributed by atoms with E-state index < -0.39 is 0 Å². The number of halogens is 2. The molecule has 0 saturated heterocycles. The SMILES string of the molecule is CCNC(Cc1ncnn1C)c1c(Cl)cccc1Cl. The molecular formula is C13H16Cl2N4. The maximum absolute atomic E-state index is 6.27. The second kappa shape index (κ2) is 6.37. The highest BCUT2D eigenvalue weighted by atomic mass is 35.5. The van der Waals surface area contributed by atoms with Crippen molar-refractivity contribution in [2.75, 3.05) is 6.54 Å². The van der Waals surface area contributed by atoms with Gasteiger partial charge < -0.3 is 5.32 Å². The number of likely N-dealkylation sites (N-methyl/N-ethyl adjacent to an activating group) is 1. The summed E-state index contributed by atoms with van der Waals surface area (Å²) in [6.45, 7) is 2.87. The van der Waals surface area contributed by atoms with Gasteiger partial charge in [-0.2, -0.15) is 5.10 Å². The molecule has 0 aliphatic heterocycles. The van der Waals surface area contributed by atoms with Crippen molar-refractivity contribution in [2.24, 2.45) is 7.05 Å². The molecule has 0 fully saturated rings. The summed E-state index contributed by atoms with van der Waals surface area (Å²) in [6, 6.07) is 5.57. The average Bonchev–Trinajstić information content (AvgIpc) is 2.75. The van der Waals surface area contributed by atoms with Crippen LogP contribution in [-0.4, -0.2) is 21.3 Å². The molecule has 19 heavy (non-hydrogen) atoms. The monoisotopic (exact) mass is 298 g/mol. The largest absolute Gasteiger partial charge is 0.310 e. The van der Waals surface area contributed by atoms with Crippen LogP contribution in [0.25, 0.3) is 0 Å². The van der Waals surface area contributed by atoms with Gasteiger partial charge in [0.1, 0.15) is 12.2 Å². The first kappa shape index (κ1) is 14.3. The lowest BCUT2D eigenvalue weighted by molar-refractivity contribution is 0.522. The van der Waals surface area contributed by atoms with Crippen molar-refractivity contribution < 1.29 is 0 Å². The first-order valence-electron chi connectivity index (χ1n) is 6.13. The summed E-state index contributed by atoms with van der Waals surface area (Å²) < 4.78 is 1.76. The molecule has 1 atom stereocenters. The molecule has 1 aromatic heterocycles. The lowest BCUT2D eigenvalue weighted by Crippen LogP contribution is -2.25. The van der Waals surface area contributed by atoms with Crippen LogP contribution in [0, 0.1) is 0 Å². The van der Waals surface area contributed by atoms with Crippen molar-refractivity contribution in [3.63, 3.8) is 0 Å². The number of aromatic nitrogens is 3. The van der Waals surface area contributed by atoms with Crippen molar-refractivity contribution in [3.8, 4) is 0 Å². The molecule has 0 aliphatic rings. The van der Waals surface area contributed by atoms with Crippen LogP contribution < -0.4 is 5.32 Å². The Morgan fingerprint density at radius 2 is 2.00 bits per heavy atom. The van der Waals surface area contributed by atoms with Crippen molar-refractivity contribution in [1.82, 2.24) is 20.1 Å². The smallest absolute Gasteiger partial charge is 0.138 e. The zero-order chi connectivity index (χ0) is 13.8. The third-order valence-electron chi connectivity index (χ3n) is 2.99. The van der Waals surface area contributed by atoms with E-state index in [4.69, 9.17) is 23.2 Å². The van der Waals surface area contributed by atoms with E-state index in [0.717, 1.165) is 17.9 Å². The van der Waals surface area contributed by atoms with Gasteiger partial charge in [0, 0.05) is 35.1 Å². The minimum Gasteiger partial charge on any atom is -0.310 e. The average molecular weight is 299 g/mol. The molecule has 1 heterocycles. The number of nitrogens with one attached hydrogen (secondary N) is 1. The lowest BCUT2D eigenvalue weighted by atomic mass is 10.0. The topological polar surface area (TPSA) is 42.7 Å². The normalized spacial score (nSPS) is 12.6. The molecule has 2 rings (SSSR count). The molecule has 102 valence electrons. The second-order valence-electron chi connectivity index (χ2n) is 4.25. The van der Waals surface area contributed by atoms with Gasteiger partial charge in [0.25, 0.3) is 0 Å². The third-order valence-corrected chi connectivity index (χ3v) is 3.65. The Balaban J connectivity index is 2.32. The zero-order valence-corrected chi connectivity index (χ0v) is 12.4. The lowest BCUT2D eigenvalue weighted by Gasteiger charge is -2.20. The van der Waals surface area contributed by atoms with Gasteiger partial charge in [0.05, 0.1) is 0 Å². The molecule has 1 N–H and O–H groups in total. The van der Waals surface area contributed by atoms with Crippen LogP contribution in [-0.2, 0) is 13.5 Å². The maximum atomic E-state index is 6.27. The fraction of sp³-hybridized carbons (Fsp3) is 0.385. The molecule has 0 spiro atoms. The molecular weight excluding hydrogens is 283 g/mol. The predicted molar refractivity (Wildman–Crippen MR) is 77.6 cm³/mol. The van der Waals surface area contributed by atoms with E-state index in [1.165, 1.54) is 0 Å². The minimum absolute atomic E-state index is 0.0223. The Morgan fingerprint density at radius 3 is 2.53 bits per heavy atom. The van der Waals surface area contributed by atoms with E-state index in [0.29, 0.717) is 16.5 Å². The summed E-state index contributed by atoms with van der Waals surface area (Å²) in [7, 11) is 1.87. The number of rotatable bonds is 5. The molecule has 1 unspecified atom stereocenters. The molecule has 4 nitrogen and oxygen atoms in total. The molecule has 2 aromatic rings. The van der Waals surface area contributed by atoms with E-state index in [-0.39, 0.29) is 6.04 Å². The predicted octanol–water partition coefficient (Wildman–Crippen LogP) is 3.02. The first-order valence-corrected chi connectivity index (χ1v) is 6.89. The van der Waals surface area contributed by atoms with Crippen molar-refractivity contribution in [2.45, 2.75) is 19.4 Å². The Bertz CT molecular complexity index is 533. The Labute approximate surface area is 122 Å². The van der Waals surface area contributed by atoms with Gasteiger partial charge in [-0.15, -0.1) is 0 Å². The summed E-state index contributed by atoms with van der Waals surface area (Å²) in [5.41, 5.74) is 0.913. The van der Waals surface area contributed by atoms with Crippen LogP contribution in [0.1, 0.15) is 24.4 Å². The Hall–Kier alpha value is -1.10. The van der Waals surface area contributed by atoms with Crippen LogP contribution in [0.5, 0.6) is 0 Å². The zero-order valence-electron chi connectivity index (χ0n) is 10.9. The first-order chi connectivity index (χ1) is 9.13. The number of benzene rings is 1. The molecule has 0 radical (unpaired) electrons. The number of hydrogen-bond acceptors (Lipinski definition) is 3. The Morgan fingerprint density at radius 1 is 1.32 bits per heavy atom. The van der Waals surface area contributed by atoms with Crippen LogP contribution in [0.4, 0.5) is 0 Å². The van der Waals surface area contributed by atoms with Crippen LogP contribution >= 0.6 is 23.2 Å². The summed E-state index contributed by atoms with van der Waals surface area (Å²) in [5, 5.41) is 8.81. The van der Waals surface area contributed by atoms with Crippen LogP contribution in [0.15, 0.2) is 24.5 Å². The van der Waals surface area contributed by atoms with Gasteiger partial charge in [-0.1, -0.05) is 36.2 Å². The quantitative estimate of drug-likeness (QED) is 0.923. The standard InChI is InChI=1S/C13H16Cl2N4/c1-3-16-11(7-12-17-8-18-19(12)2)13-9(14)5-4-6-10(13)15/h4-6,8,11,16H,3,7H2,1-2H3. The van der Waals surface area contributed by atoms with Crippen LogP contribution in [0.2, 0.25) is 10.0 Å². The van der Waals surface area contributed by atoms with Gasteiger partial charge in [0.2, 0.25) is 0 Å². The van der Waals surface area contributed by atoms with E-state index in [2.05, 4.69) is 22.3 Å². The van der Waals surface area contributed by atoms with Crippen molar-refractivity contribution in [1.29, 1.82) is 0 Å². The fourth-order valence-corrected chi connectivity index (χ4v) is 2.71. The summed E-state index contributed by atoms with van der Waals surface area (Å²) in [5.74, 6) is 0.891. The Kier molecular flexibility index (Phi) is 4.80. The molecule has 0 amide bonds. The second-order valence-corrected chi connectivity index (χ2v) is 5.06. The summed E-state index contributed by atoms with van der Waals surface area (Å²) in [4.78, 5) is 4.25.